The molecule has 0 bridgehead atoms. The summed E-state index contributed by atoms with van der Waals surface area (Å²) < 4.78 is 12.5. The van der Waals surface area contributed by atoms with E-state index in [2.05, 4.69) is 45.9 Å². The molecule has 0 spiro atoms. The maximum atomic E-state index is 11.9. The minimum Gasteiger partial charge on any atom is -0.366 e. The van der Waals surface area contributed by atoms with Gasteiger partial charge in [0.05, 0.1) is 23.4 Å². The van der Waals surface area contributed by atoms with Gasteiger partial charge in [-0.05, 0) is 70.8 Å². The zero-order valence-corrected chi connectivity index (χ0v) is 17.6. The topological polar surface area (TPSA) is 42.1 Å². The Balaban J connectivity index is 1.65. The molecular weight excluding hydrogens is 336 g/mol. The molecule has 0 aromatic rings. The molecule has 2 heterocycles. The Labute approximate surface area is 163 Å². The highest BCUT2D eigenvalue weighted by Gasteiger charge is 2.72. The third-order valence-electron chi connectivity index (χ3n) is 7.87. The van der Waals surface area contributed by atoms with Crippen LogP contribution in [0.2, 0.25) is 0 Å². The van der Waals surface area contributed by atoms with Crippen LogP contribution in [0.1, 0.15) is 60.8 Å². The highest BCUT2D eigenvalue weighted by atomic mass is 16.6. The SMILES string of the molecule is CC=C(C)C1C(C=CC=C(C)C(=O)CC)C2CC3OC3(C)CC2C2OC21C. The summed E-state index contributed by atoms with van der Waals surface area (Å²) in [7, 11) is 0. The van der Waals surface area contributed by atoms with Crippen LogP contribution in [0.25, 0.3) is 0 Å². The zero-order chi connectivity index (χ0) is 19.6. The summed E-state index contributed by atoms with van der Waals surface area (Å²) in [5, 5.41) is 0. The number of ketones is 1. The third kappa shape index (κ3) is 2.98. The van der Waals surface area contributed by atoms with Crippen LogP contribution in [0.5, 0.6) is 0 Å². The van der Waals surface area contributed by atoms with Crippen LogP contribution < -0.4 is 0 Å². The van der Waals surface area contributed by atoms with Crippen LogP contribution in [0, 0.1) is 23.7 Å². The Morgan fingerprint density at radius 3 is 2.59 bits per heavy atom. The van der Waals surface area contributed by atoms with Gasteiger partial charge in [-0.2, -0.15) is 0 Å². The van der Waals surface area contributed by atoms with Gasteiger partial charge in [0.1, 0.15) is 0 Å². The molecule has 3 nitrogen and oxygen atoms in total. The first-order valence-electron chi connectivity index (χ1n) is 10.6. The summed E-state index contributed by atoms with van der Waals surface area (Å²) in [4.78, 5) is 11.9. The number of carbonyl (C=O) groups is 1. The molecule has 4 fully saturated rings. The van der Waals surface area contributed by atoms with Gasteiger partial charge in [-0.15, -0.1) is 0 Å². The summed E-state index contributed by atoms with van der Waals surface area (Å²) in [6, 6.07) is 0. The van der Waals surface area contributed by atoms with Crippen LogP contribution in [-0.4, -0.2) is 29.2 Å². The van der Waals surface area contributed by atoms with E-state index in [1.807, 2.05) is 19.9 Å². The van der Waals surface area contributed by atoms with Gasteiger partial charge in [0.25, 0.3) is 0 Å². The molecule has 0 N–H and O–H groups in total. The van der Waals surface area contributed by atoms with Gasteiger partial charge in [0.15, 0.2) is 5.78 Å². The summed E-state index contributed by atoms with van der Waals surface area (Å²) in [6.45, 7) is 12.8. The molecule has 2 aliphatic heterocycles. The summed E-state index contributed by atoms with van der Waals surface area (Å²) in [5.74, 6) is 2.24. The largest absolute Gasteiger partial charge is 0.366 e. The van der Waals surface area contributed by atoms with Crippen molar-refractivity contribution < 1.29 is 14.3 Å². The van der Waals surface area contributed by atoms with Crippen LogP contribution >= 0.6 is 0 Å². The monoisotopic (exact) mass is 370 g/mol. The molecule has 2 saturated carbocycles. The number of carbonyl (C=O) groups excluding carboxylic acids is 1. The highest BCUT2D eigenvalue weighted by molar-refractivity contribution is 5.94. The van der Waals surface area contributed by atoms with Crippen LogP contribution in [0.3, 0.4) is 0 Å². The normalized spacial score (nSPS) is 48.7. The van der Waals surface area contributed by atoms with E-state index in [0.717, 1.165) is 18.4 Å². The molecule has 0 aromatic heterocycles. The molecule has 2 saturated heterocycles. The summed E-state index contributed by atoms with van der Waals surface area (Å²) >= 11 is 0. The fourth-order valence-corrected chi connectivity index (χ4v) is 6.10. The fraction of sp³-hybridized carbons (Fsp3) is 0.708. The number of allylic oxidation sites excluding steroid dienone is 5. The average Bonchev–Trinajstić information content (AvgIpc) is 3.51. The molecular formula is C24H34O3. The van der Waals surface area contributed by atoms with Crippen molar-refractivity contribution in [1.82, 2.24) is 0 Å². The van der Waals surface area contributed by atoms with Gasteiger partial charge in [-0.1, -0.05) is 36.8 Å². The summed E-state index contributed by atoms with van der Waals surface area (Å²) in [5.41, 5.74) is 2.30. The third-order valence-corrected chi connectivity index (χ3v) is 7.87. The van der Waals surface area contributed by atoms with Crippen molar-refractivity contribution in [3.8, 4) is 0 Å². The van der Waals surface area contributed by atoms with Gasteiger partial charge in [-0.3, -0.25) is 4.79 Å². The lowest BCUT2D eigenvalue weighted by Gasteiger charge is -2.45. The van der Waals surface area contributed by atoms with Gasteiger partial charge in [-0.25, -0.2) is 0 Å². The van der Waals surface area contributed by atoms with Crippen molar-refractivity contribution in [2.75, 3.05) is 0 Å². The van der Waals surface area contributed by atoms with E-state index < -0.39 is 0 Å². The molecule has 4 aliphatic rings. The second-order valence-corrected chi connectivity index (χ2v) is 9.51. The molecule has 0 aromatic carbocycles. The Kier molecular flexibility index (Phi) is 4.55. The van der Waals surface area contributed by atoms with Crippen molar-refractivity contribution in [3.63, 3.8) is 0 Å². The predicted molar refractivity (Wildman–Crippen MR) is 107 cm³/mol. The standard InChI is InChI=1S/C24H34O3/c1-7-14(3)21-16(11-9-10-15(4)19(25)8-2)17-12-20-23(5,26-20)13-18(17)22-24(21,6)27-22/h7,9-11,16-18,20-22H,8,12-13H2,1-6H3. The quantitative estimate of drug-likeness (QED) is 0.295. The molecule has 8 atom stereocenters. The van der Waals surface area contributed by atoms with Gasteiger partial charge in [0, 0.05) is 12.3 Å². The number of ether oxygens (including phenoxy) is 2. The number of hydrogen-bond acceptors (Lipinski definition) is 3. The zero-order valence-electron chi connectivity index (χ0n) is 17.6. The first-order chi connectivity index (χ1) is 12.7. The Bertz CT molecular complexity index is 732. The Morgan fingerprint density at radius 1 is 1.19 bits per heavy atom. The average molecular weight is 371 g/mol. The lowest BCUT2D eigenvalue weighted by Crippen LogP contribution is -2.48. The molecule has 148 valence electrons. The molecule has 2 aliphatic carbocycles. The van der Waals surface area contributed by atoms with E-state index in [9.17, 15) is 4.79 Å². The fourth-order valence-electron chi connectivity index (χ4n) is 6.10. The first-order valence-corrected chi connectivity index (χ1v) is 10.6. The van der Waals surface area contributed by atoms with Crippen LogP contribution in [0.15, 0.2) is 35.5 Å². The maximum absolute atomic E-state index is 11.9. The van der Waals surface area contributed by atoms with E-state index in [1.165, 1.54) is 5.57 Å². The number of epoxide rings is 2. The van der Waals surface area contributed by atoms with E-state index >= 15 is 0 Å². The van der Waals surface area contributed by atoms with Crippen molar-refractivity contribution in [1.29, 1.82) is 0 Å². The second kappa shape index (κ2) is 6.42. The smallest absolute Gasteiger partial charge is 0.158 e. The van der Waals surface area contributed by atoms with Crippen molar-refractivity contribution in [2.24, 2.45) is 23.7 Å². The Morgan fingerprint density at radius 2 is 1.93 bits per heavy atom. The maximum Gasteiger partial charge on any atom is 0.158 e. The summed E-state index contributed by atoms with van der Waals surface area (Å²) in [6.07, 6.45) is 12.3. The number of fused-ring (bicyclic) bond motifs is 4. The van der Waals surface area contributed by atoms with E-state index in [-0.39, 0.29) is 17.0 Å². The van der Waals surface area contributed by atoms with E-state index in [4.69, 9.17) is 9.47 Å². The molecule has 8 unspecified atom stereocenters. The second-order valence-electron chi connectivity index (χ2n) is 9.51. The molecule has 3 heteroatoms. The van der Waals surface area contributed by atoms with Gasteiger partial charge < -0.3 is 9.47 Å². The minimum absolute atomic E-state index is 0.0527. The molecule has 0 amide bonds. The van der Waals surface area contributed by atoms with Crippen molar-refractivity contribution >= 4 is 5.78 Å². The minimum atomic E-state index is -0.0527. The van der Waals surface area contributed by atoms with Crippen molar-refractivity contribution in [2.45, 2.75) is 84.2 Å². The number of rotatable bonds is 5. The lowest BCUT2D eigenvalue weighted by atomic mass is 9.55. The van der Waals surface area contributed by atoms with Crippen LogP contribution in [-0.2, 0) is 14.3 Å². The predicted octanol–water partition coefficient (Wildman–Crippen LogP) is 5.02. The number of Topliss-reactive ketones (excluding diaryl/α,β-unsaturated/α-hetero) is 1. The molecule has 27 heavy (non-hydrogen) atoms. The highest BCUT2D eigenvalue weighted by Crippen LogP contribution is 2.67. The number of hydrogen-bond donors (Lipinski definition) is 0. The van der Waals surface area contributed by atoms with E-state index in [1.54, 1.807) is 0 Å². The van der Waals surface area contributed by atoms with Crippen LogP contribution in [0.4, 0.5) is 0 Å². The molecule has 0 radical (unpaired) electrons. The van der Waals surface area contributed by atoms with Gasteiger partial charge in [0.2, 0.25) is 0 Å². The Hall–Kier alpha value is -1.19. The lowest BCUT2D eigenvalue weighted by molar-refractivity contribution is -0.115. The van der Waals surface area contributed by atoms with E-state index in [0.29, 0.717) is 42.3 Å². The first kappa shape index (κ1) is 19.1. The van der Waals surface area contributed by atoms with Gasteiger partial charge >= 0.3 is 0 Å². The molecule has 4 rings (SSSR count). The van der Waals surface area contributed by atoms with Crippen molar-refractivity contribution in [3.05, 3.63) is 35.5 Å².